The molecular weight excluding hydrogens is 289 g/mol. The zero-order valence-electron chi connectivity index (χ0n) is 10.8. The lowest BCUT2D eigenvalue weighted by Crippen LogP contribution is -1.86. The third kappa shape index (κ3) is 2.98. The van der Waals surface area contributed by atoms with E-state index in [9.17, 15) is 4.39 Å². The second-order valence-electron chi connectivity index (χ2n) is 4.46. The van der Waals surface area contributed by atoms with Gasteiger partial charge in [0.2, 0.25) is 0 Å². The quantitative estimate of drug-likeness (QED) is 0.589. The molecule has 0 saturated heterocycles. The first-order chi connectivity index (χ1) is 10.1. The Morgan fingerprint density at radius 1 is 1.29 bits per heavy atom. The molecule has 21 heavy (non-hydrogen) atoms. The predicted octanol–water partition coefficient (Wildman–Crippen LogP) is 3.71. The molecule has 4 nitrogen and oxygen atoms in total. The van der Waals surface area contributed by atoms with Gasteiger partial charge in [-0.05, 0) is 35.9 Å². The van der Waals surface area contributed by atoms with Gasteiger partial charge in [-0.2, -0.15) is 5.26 Å². The number of oxazole rings is 1. The molecule has 3 aromatic rings. The van der Waals surface area contributed by atoms with Crippen molar-refractivity contribution in [2.24, 2.45) is 0 Å². The van der Waals surface area contributed by atoms with Gasteiger partial charge in [-0.25, -0.2) is 9.37 Å². The molecule has 2 N–H and O–H groups in total. The van der Waals surface area contributed by atoms with Crippen molar-refractivity contribution in [3.63, 3.8) is 0 Å². The summed E-state index contributed by atoms with van der Waals surface area (Å²) in [5, 5.41) is 9.31. The van der Waals surface area contributed by atoms with Crippen LogP contribution in [0.5, 0.6) is 0 Å². The number of rotatable bonds is 3. The number of halogens is 1. The lowest BCUT2D eigenvalue weighted by Gasteiger charge is -2.00. The number of anilines is 1. The molecule has 0 aliphatic rings. The summed E-state index contributed by atoms with van der Waals surface area (Å²) in [7, 11) is 0. The van der Waals surface area contributed by atoms with Crippen molar-refractivity contribution in [3.05, 3.63) is 53.3 Å². The first-order valence-corrected chi connectivity index (χ1v) is 7.11. The Labute approximate surface area is 124 Å². The summed E-state index contributed by atoms with van der Waals surface area (Å²) in [6, 6.07) is 11.4. The minimum absolute atomic E-state index is 0.302. The van der Waals surface area contributed by atoms with Crippen LogP contribution in [0.3, 0.4) is 0 Å². The summed E-state index contributed by atoms with van der Waals surface area (Å²) in [4.78, 5) is 4.32. The summed E-state index contributed by atoms with van der Waals surface area (Å²) in [5.74, 6) is 0.0457. The first-order valence-electron chi connectivity index (χ1n) is 6.12. The predicted molar refractivity (Wildman–Crippen MR) is 79.1 cm³/mol. The standard InChI is InChI=1S/C15H10FN3OS/c16-11-4-9(7-17)3-10(5-11)8-21-15-19-13-2-1-12(18)6-14(13)20-15/h1-6H,8,18H2. The number of nitrogens with zero attached hydrogens (tertiary/aromatic N) is 2. The number of nitrogen functional groups attached to an aromatic ring is 1. The van der Waals surface area contributed by atoms with Gasteiger partial charge < -0.3 is 10.2 Å². The summed E-state index contributed by atoms with van der Waals surface area (Å²) >= 11 is 1.34. The SMILES string of the molecule is N#Cc1cc(F)cc(CSc2nc3ccc(N)cc3o2)c1. The molecule has 1 heterocycles. The molecule has 0 amide bonds. The molecule has 6 heteroatoms. The van der Waals surface area contributed by atoms with E-state index in [2.05, 4.69) is 4.98 Å². The average Bonchev–Trinajstić information content (AvgIpc) is 2.86. The smallest absolute Gasteiger partial charge is 0.257 e. The second-order valence-corrected chi connectivity index (χ2v) is 5.38. The van der Waals surface area contributed by atoms with Crippen LogP contribution in [0.15, 0.2) is 46.0 Å². The van der Waals surface area contributed by atoms with E-state index in [-0.39, 0.29) is 0 Å². The fourth-order valence-electron chi connectivity index (χ4n) is 1.93. The van der Waals surface area contributed by atoms with Crippen molar-refractivity contribution in [2.45, 2.75) is 11.0 Å². The van der Waals surface area contributed by atoms with Crippen LogP contribution in [0.25, 0.3) is 11.1 Å². The Morgan fingerprint density at radius 3 is 2.95 bits per heavy atom. The van der Waals surface area contributed by atoms with E-state index >= 15 is 0 Å². The molecule has 0 bridgehead atoms. The maximum atomic E-state index is 13.3. The van der Waals surface area contributed by atoms with Crippen LogP contribution >= 0.6 is 11.8 Å². The van der Waals surface area contributed by atoms with Crippen LogP contribution in [0.1, 0.15) is 11.1 Å². The van der Waals surface area contributed by atoms with Gasteiger partial charge in [-0.15, -0.1) is 0 Å². The third-order valence-corrected chi connectivity index (χ3v) is 3.74. The average molecular weight is 299 g/mol. The van der Waals surface area contributed by atoms with E-state index in [1.54, 1.807) is 24.3 Å². The summed E-state index contributed by atoms with van der Waals surface area (Å²) in [5.41, 5.74) is 8.64. The highest BCUT2D eigenvalue weighted by Crippen LogP contribution is 2.27. The fraction of sp³-hybridized carbons (Fsp3) is 0.0667. The molecule has 0 spiro atoms. The number of aromatic nitrogens is 1. The van der Waals surface area contributed by atoms with Crippen molar-refractivity contribution in [2.75, 3.05) is 5.73 Å². The monoisotopic (exact) mass is 299 g/mol. The molecule has 2 aromatic carbocycles. The van der Waals surface area contributed by atoms with Crippen LogP contribution < -0.4 is 5.73 Å². The fourth-order valence-corrected chi connectivity index (χ4v) is 2.69. The zero-order valence-corrected chi connectivity index (χ0v) is 11.7. The molecule has 0 saturated carbocycles. The lowest BCUT2D eigenvalue weighted by atomic mass is 10.1. The Hall–Kier alpha value is -2.52. The maximum Gasteiger partial charge on any atom is 0.257 e. The van der Waals surface area contributed by atoms with E-state index in [0.717, 1.165) is 5.52 Å². The second kappa shape index (κ2) is 5.46. The molecule has 0 fully saturated rings. The van der Waals surface area contributed by atoms with E-state index in [1.807, 2.05) is 6.07 Å². The Balaban J connectivity index is 1.80. The highest BCUT2D eigenvalue weighted by Gasteiger charge is 2.08. The minimum Gasteiger partial charge on any atom is -0.431 e. The number of nitrogens with two attached hydrogens (primary N) is 1. The molecule has 1 aromatic heterocycles. The van der Waals surface area contributed by atoms with Gasteiger partial charge in [0.05, 0.1) is 11.6 Å². The number of hydrogen-bond acceptors (Lipinski definition) is 5. The normalized spacial score (nSPS) is 10.7. The highest BCUT2D eigenvalue weighted by molar-refractivity contribution is 7.98. The zero-order chi connectivity index (χ0) is 14.8. The van der Waals surface area contributed by atoms with E-state index < -0.39 is 5.82 Å². The number of fused-ring (bicyclic) bond motifs is 1. The first kappa shape index (κ1) is 13.5. The van der Waals surface area contributed by atoms with Crippen molar-refractivity contribution in [3.8, 4) is 6.07 Å². The number of thioether (sulfide) groups is 1. The Morgan fingerprint density at radius 2 is 2.14 bits per heavy atom. The van der Waals surface area contributed by atoms with Gasteiger partial charge in [0, 0.05) is 17.5 Å². The number of nitriles is 1. The van der Waals surface area contributed by atoms with Gasteiger partial charge >= 0.3 is 0 Å². The Kier molecular flexibility index (Phi) is 3.50. The lowest BCUT2D eigenvalue weighted by molar-refractivity contribution is 0.489. The topological polar surface area (TPSA) is 75.8 Å². The summed E-state index contributed by atoms with van der Waals surface area (Å²) in [6.45, 7) is 0. The largest absolute Gasteiger partial charge is 0.431 e. The number of hydrogen-bond donors (Lipinski definition) is 1. The third-order valence-electron chi connectivity index (χ3n) is 2.84. The molecular formula is C15H10FN3OS. The van der Waals surface area contributed by atoms with Crippen LogP contribution in [0.4, 0.5) is 10.1 Å². The van der Waals surface area contributed by atoms with E-state index in [4.69, 9.17) is 15.4 Å². The van der Waals surface area contributed by atoms with Crippen molar-refractivity contribution in [1.29, 1.82) is 5.26 Å². The molecule has 0 unspecified atom stereocenters. The molecule has 3 rings (SSSR count). The molecule has 0 radical (unpaired) electrons. The van der Waals surface area contributed by atoms with Crippen LogP contribution in [0.2, 0.25) is 0 Å². The number of benzene rings is 2. The minimum atomic E-state index is -0.421. The van der Waals surface area contributed by atoms with Crippen molar-refractivity contribution >= 4 is 28.5 Å². The maximum absolute atomic E-state index is 13.3. The molecule has 104 valence electrons. The highest BCUT2D eigenvalue weighted by atomic mass is 32.2. The van der Waals surface area contributed by atoms with Gasteiger partial charge in [0.1, 0.15) is 11.3 Å². The summed E-state index contributed by atoms with van der Waals surface area (Å²) < 4.78 is 18.9. The molecule has 0 atom stereocenters. The van der Waals surface area contributed by atoms with Gasteiger partial charge in [0.15, 0.2) is 5.58 Å². The van der Waals surface area contributed by atoms with Crippen molar-refractivity contribution in [1.82, 2.24) is 4.98 Å². The Bertz CT molecular complexity index is 854. The van der Waals surface area contributed by atoms with Crippen LogP contribution in [-0.4, -0.2) is 4.98 Å². The van der Waals surface area contributed by atoms with Gasteiger partial charge in [-0.1, -0.05) is 11.8 Å². The van der Waals surface area contributed by atoms with Crippen LogP contribution in [0, 0.1) is 17.1 Å². The van der Waals surface area contributed by atoms with E-state index in [0.29, 0.717) is 33.4 Å². The van der Waals surface area contributed by atoms with E-state index in [1.165, 1.54) is 23.9 Å². The molecule has 0 aliphatic heterocycles. The van der Waals surface area contributed by atoms with Gasteiger partial charge in [0.25, 0.3) is 5.22 Å². The summed E-state index contributed by atoms with van der Waals surface area (Å²) in [6.07, 6.45) is 0. The van der Waals surface area contributed by atoms with Crippen LogP contribution in [-0.2, 0) is 5.75 Å². The molecule has 0 aliphatic carbocycles. The van der Waals surface area contributed by atoms with Crippen molar-refractivity contribution < 1.29 is 8.81 Å². The van der Waals surface area contributed by atoms with Gasteiger partial charge in [-0.3, -0.25) is 0 Å².